The van der Waals surface area contributed by atoms with Crippen LogP contribution in [0.15, 0.2) is 0 Å². The molecule has 1 atom stereocenters. The Labute approximate surface area is 278 Å². The molecule has 0 saturated heterocycles. The molecule has 2 amide bonds. The normalized spacial score (nSPS) is 11.3. The van der Waals surface area contributed by atoms with Crippen molar-refractivity contribution in [3.05, 3.63) is 0 Å². The van der Waals surface area contributed by atoms with E-state index >= 15 is 0 Å². The Balaban J connectivity index is 0. The lowest BCUT2D eigenvalue weighted by atomic mass is 9.99. The third-order valence-corrected chi connectivity index (χ3v) is 6.92. The molecule has 0 heterocycles. The first-order valence-electron chi connectivity index (χ1n) is 16.7. The number of ether oxygens (including phenoxy) is 4. The maximum Gasteiger partial charge on any atom is 0.222 e. The van der Waals surface area contributed by atoms with Crippen molar-refractivity contribution < 1.29 is 38.1 Å². The van der Waals surface area contributed by atoms with Gasteiger partial charge in [-0.1, -0.05) is 45.5 Å². The summed E-state index contributed by atoms with van der Waals surface area (Å²) in [5.41, 5.74) is 11.0. The van der Waals surface area contributed by atoms with Gasteiger partial charge in [0.25, 0.3) is 0 Å². The number of hydrogen-bond donors (Lipinski definition) is 4. The number of unbranched alkanes of at least 4 members (excludes halogenated alkanes) is 7. The molecule has 0 aromatic carbocycles. The van der Waals surface area contributed by atoms with Crippen molar-refractivity contribution in [3.63, 3.8) is 0 Å². The lowest BCUT2D eigenvalue weighted by Gasteiger charge is -2.18. The molecule has 0 spiro atoms. The van der Waals surface area contributed by atoms with Crippen LogP contribution in [0.4, 0.5) is 0 Å². The molecule has 268 valence electrons. The molecule has 0 aromatic heterocycles. The van der Waals surface area contributed by atoms with Gasteiger partial charge in [0, 0.05) is 38.6 Å². The molecule has 46 heavy (non-hydrogen) atoms. The highest BCUT2D eigenvalue weighted by atomic mass is 16.6. The Morgan fingerprint density at radius 2 is 1.15 bits per heavy atom. The molecule has 0 unspecified atom stereocenters. The quantitative estimate of drug-likeness (QED) is 0.0594. The fourth-order valence-corrected chi connectivity index (χ4v) is 4.31. The Bertz CT molecular complexity index is 807. The van der Waals surface area contributed by atoms with Crippen molar-refractivity contribution >= 4 is 23.4 Å². The van der Waals surface area contributed by atoms with E-state index in [0.717, 1.165) is 57.8 Å². The molecule has 0 fully saturated rings. The van der Waals surface area contributed by atoms with Gasteiger partial charge in [0.1, 0.15) is 12.4 Å². The first-order chi connectivity index (χ1) is 21.9. The highest BCUT2D eigenvalue weighted by Crippen LogP contribution is 2.10. The number of rotatable bonds is 34. The Morgan fingerprint density at radius 1 is 0.609 bits per heavy atom. The van der Waals surface area contributed by atoms with Gasteiger partial charge in [-0.05, 0) is 45.2 Å². The van der Waals surface area contributed by atoms with E-state index in [9.17, 15) is 19.2 Å². The van der Waals surface area contributed by atoms with Gasteiger partial charge in [-0.15, -0.1) is 6.42 Å². The molecule has 0 aliphatic heterocycles. The van der Waals surface area contributed by atoms with Gasteiger partial charge >= 0.3 is 0 Å². The molecule has 0 aliphatic carbocycles. The molecule has 0 aliphatic rings. The van der Waals surface area contributed by atoms with Gasteiger partial charge in [0.05, 0.1) is 52.3 Å². The zero-order valence-corrected chi connectivity index (χ0v) is 27.5. The lowest BCUT2D eigenvalue weighted by Crippen LogP contribution is -2.42. The van der Waals surface area contributed by atoms with E-state index in [-0.39, 0.29) is 76.1 Å². The molecular formula is C34H64N4O8. The number of nitrogens with two attached hydrogens (primary N) is 2. The highest BCUT2D eigenvalue weighted by molar-refractivity contribution is 5.92. The summed E-state index contributed by atoms with van der Waals surface area (Å²) >= 11 is 0. The molecule has 0 rings (SSSR count). The molecule has 0 aromatic rings. The van der Waals surface area contributed by atoms with E-state index in [1.807, 2.05) is 0 Å². The highest BCUT2D eigenvalue weighted by Gasteiger charge is 2.22. The molecule has 12 nitrogen and oxygen atoms in total. The van der Waals surface area contributed by atoms with Crippen LogP contribution >= 0.6 is 0 Å². The molecule has 6 N–H and O–H groups in total. The van der Waals surface area contributed by atoms with E-state index in [4.69, 9.17) is 36.8 Å². The number of carbonyl (C=O) groups is 4. The summed E-state index contributed by atoms with van der Waals surface area (Å²) in [6, 6.07) is -0.824. The summed E-state index contributed by atoms with van der Waals surface area (Å²) in [6.07, 6.45) is 14.8. The predicted molar refractivity (Wildman–Crippen MR) is 181 cm³/mol. The van der Waals surface area contributed by atoms with Gasteiger partial charge in [-0.25, -0.2) is 0 Å². The van der Waals surface area contributed by atoms with E-state index in [1.165, 1.54) is 0 Å². The Kier molecular flexibility index (Phi) is 35.2. The van der Waals surface area contributed by atoms with Crippen LogP contribution in [0.25, 0.3) is 0 Å². The molecule has 12 heteroatoms. The molecule has 0 saturated carbocycles. The average molecular weight is 657 g/mol. The number of amides is 2. The number of carbonyl (C=O) groups excluding carboxylic acids is 4. The molecule has 0 radical (unpaired) electrons. The standard InChI is InChI=1S/C33H60N4O8.CH4/c1-2-21-42-23-25-44-27-28-45-26-24-43-22-17-33(41)37-30(14-13-29(38)12-8-4-3-5-9-18-34)31(39)15-16-32(40)36-20-11-7-6-10-19-35;/h1,30H,3-28,34-35H2,(H,36,40)(H,37,41);1H4/t30-;/m1./s1. The van der Waals surface area contributed by atoms with Crippen LogP contribution in [-0.2, 0) is 38.1 Å². The average Bonchev–Trinajstić information content (AvgIpc) is 3.03. The molecular weight excluding hydrogens is 592 g/mol. The SMILES string of the molecule is C.C#CCOCCOCCOCCOCCC(=O)N[C@H](CCC(=O)CCCCCCCN)C(=O)CCC(=O)NCCCCCCN. The number of Topliss-reactive ketones (excluding diaryl/α,β-unsaturated/α-hetero) is 2. The number of hydrogen-bond acceptors (Lipinski definition) is 10. The van der Waals surface area contributed by atoms with Crippen LogP contribution in [0.2, 0.25) is 0 Å². The zero-order chi connectivity index (χ0) is 33.2. The van der Waals surface area contributed by atoms with Crippen LogP contribution in [0.5, 0.6) is 0 Å². The van der Waals surface area contributed by atoms with Crippen molar-refractivity contribution in [1.29, 1.82) is 0 Å². The Hall–Kier alpha value is -2.40. The smallest absolute Gasteiger partial charge is 0.222 e. The van der Waals surface area contributed by atoms with Crippen molar-refractivity contribution in [2.24, 2.45) is 11.5 Å². The second-order valence-corrected chi connectivity index (χ2v) is 10.9. The van der Waals surface area contributed by atoms with Crippen LogP contribution in [0, 0.1) is 12.3 Å². The van der Waals surface area contributed by atoms with Gasteiger partial charge in [-0.3, -0.25) is 19.2 Å². The first-order valence-corrected chi connectivity index (χ1v) is 16.7. The van der Waals surface area contributed by atoms with Crippen LogP contribution < -0.4 is 22.1 Å². The second kappa shape index (κ2) is 35.5. The van der Waals surface area contributed by atoms with Gasteiger partial charge in [0.15, 0.2) is 5.78 Å². The number of nitrogens with one attached hydrogen (secondary N) is 2. The lowest BCUT2D eigenvalue weighted by molar-refractivity contribution is -0.130. The van der Waals surface area contributed by atoms with Gasteiger partial charge in [-0.2, -0.15) is 0 Å². The Morgan fingerprint density at radius 3 is 1.76 bits per heavy atom. The minimum absolute atomic E-state index is 0. The largest absolute Gasteiger partial charge is 0.379 e. The monoisotopic (exact) mass is 656 g/mol. The summed E-state index contributed by atoms with van der Waals surface area (Å²) in [5.74, 6) is 1.65. The van der Waals surface area contributed by atoms with E-state index in [0.29, 0.717) is 65.7 Å². The van der Waals surface area contributed by atoms with Crippen LogP contribution in [0.1, 0.15) is 104 Å². The summed E-state index contributed by atoms with van der Waals surface area (Å²) in [7, 11) is 0. The van der Waals surface area contributed by atoms with E-state index in [1.54, 1.807) is 0 Å². The second-order valence-electron chi connectivity index (χ2n) is 10.9. The van der Waals surface area contributed by atoms with Crippen molar-refractivity contribution in [2.75, 3.05) is 72.5 Å². The van der Waals surface area contributed by atoms with Crippen molar-refractivity contribution in [2.45, 2.75) is 110 Å². The summed E-state index contributed by atoms with van der Waals surface area (Å²) in [5, 5.41) is 5.60. The van der Waals surface area contributed by atoms with E-state index < -0.39 is 6.04 Å². The van der Waals surface area contributed by atoms with Crippen LogP contribution in [0.3, 0.4) is 0 Å². The maximum absolute atomic E-state index is 13.0. The first kappa shape index (κ1) is 45.7. The minimum atomic E-state index is -0.824. The third-order valence-electron chi connectivity index (χ3n) is 6.92. The summed E-state index contributed by atoms with van der Waals surface area (Å²) in [4.78, 5) is 50.3. The summed E-state index contributed by atoms with van der Waals surface area (Å²) in [6.45, 7) is 4.68. The van der Waals surface area contributed by atoms with Crippen LogP contribution in [-0.4, -0.2) is 102 Å². The summed E-state index contributed by atoms with van der Waals surface area (Å²) < 4.78 is 21.3. The minimum Gasteiger partial charge on any atom is -0.379 e. The van der Waals surface area contributed by atoms with Crippen molar-refractivity contribution in [3.8, 4) is 12.3 Å². The van der Waals surface area contributed by atoms with Gasteiger partial charge < -0.3 is 41.0 Å². The third kappa shape index (κ3) is 31.6. The van der Waals surface area contributed by atoms with Crippen molar-refractivity contribution in [1.82, 2.24) is 10.6 Å². The fourth-order valence-electron chi connectivity index (χ4n) is 4.31. The van der Waals surface area contributed by atoms with E-state index in [2.05, 4.69) is 16.6 Å². The zero-order valence-electron chi connectivity index (χ0n) is 27.5. The maximum atomic E-state index is 13.0. The number of terminal acetylenes is 1. The number of ketones is 2. The topological polar surface area (TPSA) is 181 Å². The molecule has 0 bridgehead atoms. The fraction of sp³-hybridized carbons (Fsp3) is 0.824. The predicted octanol–water partition coefficient (Wildman–Crippen LogP) is 2.83. The van der Waals surface area contributed by atoms with Gasteiger partial charge in [0.2, 0.25) is 11.8 Å².